The van der Waals surface area contributed by atoms with E-state index in [-0.39, 0.29) is 11.0 Å². The van der Waals surface area contributed by atoms with Gasteiger partial charge in [0.2, 0.25) is 0 Å². The van der Waals surface area contributed by atoms with Crippen LogP contribution in [0.5, 0.6) is 0 Å². The van der Waals surface area contributed by atoms with Crippen molar-refractivity contribution in [2.45, 2.75) is 6.92 Å². The lowest BCUT2D eigenvalue weighted by Crippen LogP contribution is -2.46. The Hall–Kier alpha value is -1.42. The lowest BCUT2D eigenvalue weighted by atomic mass is 10.2. The van der Waals surface area contributed by atoms with Crippen LogP contribution in [-0.2, 0) is 0 Å². The number of nitrogens with one attached hydrogen (secondary N) is 2. The van der Waals surface area contributed by atoms with Crippen molar-refractivity contribution in [1.82, 2.24) is 10.2 Å². The van der Waals surface area contributed by atoms with Crippen molar-refractivity contribution in [2.24, 2.45) is 0 Å². The lowest BCUT2D eigenvalue weighted by molar-refractivity contribution is 0.0977. The van der Waals surface area contributed by atoms with Gasteiger partial charge in [-0.15, -0.1) is 0 Å². The Morgan fingerprint density at radius 3 is 2.43 bits per heavy atom. The molecule has 1 aliphatic heterocycles. The number of halogens is 2. The van der Waals surface area contributed by atoms with Gasteiger partial charge in [0.1, 0.15) is 0 Å². The van der Waals surface area contributed by atoms with E-state index in [4.69, 9.17) is 23.8 Å². The fraction of sp³-hybridized carbons (Fsp3) is 0.300. The van der Waals surface area contributed by atoms with E-state index in [9.17, 15) is 4.79 Å². The molecule has 28 heavy (non-hydrogen) atoms. The summed E-state index contributed by atoms with van der Waals surface area (Å²) in [4.78, 5) is 17.0. The van der Waals surface area contributed by atoms with Crippen LogP contribution in [0.3, 0.4) is 0 Å². The molecule has 0 aromatic heterocycles. The molecule has 1 heterocycles. The van der Waals surface area contributed by atoms with Crippen LogP contribution in [-0.4, -0.2) is 48.6 Å². The predicted molar refractivity (Wildman–Crippen MR) is 129 cm³/mol. The van der Waals surface area contributed by atoms with Gasteiger partial charge in [0, 0.05) is 41.0 Å². The molecule has 3 rings (SSSR count). The zero-order chi connectivity index (χ0) is 20.1. The molecule has 0 bridgehead atoms. The molecule has 0 atom stereocenters. The zero-order valence-corrected chi connectivity index (χ0v) is 19.3. The van der Waals surface area contributed by atoms with Crippen LogP contribution in [0.2, 0.25) is 5.02 Å². The number of hydrogen-bond donors (Lipinski definition) is 2. The van der Waals surface area contributed by atoms with Crippen LogP contribution in [0.25, 0.3) is 0 Å². The van der Waals surface area contributed by atoms with Crippen molar-refractivity contribution in [2.75, 3.05) is 42.9 Å². The van der Waals surface area contributed by atoms with E-state index in [1.165, 1.54) is 0 Å². The zero-order valence-electron chi connectivity index (χ0n) is 15.5. The Morgan fingerprint density at radius 1 is 1.14 bits per heavy atom. The summed E-state index contributed by atoms with van der Waals surface area (Å²) in [6, 6.07) is 13.1. The van der Waals surface area contributed by atoms with Crippen molar-refractivity contribution < 1.29 is 4.79 Å². The van der Waals surface area contributed by atoms with Gasteiger partial charge in [-0.1, -0.05) is 18.5 Å². The standard InChI is InChI=1S/C20H22ClIN4OS/c1-2-25-9-11-26(12-10-25)18-8-7-16(13-17(18)21)23-20(28)24-19(27)14-3-5-15(22)6-4-14/h3-8,13H,2,9-12H2,1H3,(H2,23,24,27,28). The number of amides is 1. The first-order valence-electron chi connectivity index (χ1n) is 9.11. The molecule has 1 saturated heterocycles. The van der Waals surface area contributed by atoms with Crippen LogP contribution in [0, 0.1) is 3.57 Å². The van der Waals surface area contributed by atoms with Gasteiger partial charge < -0.3 is 15.1 Å². The van der Waals surface area contributed by atoms with Crippen molar-refractivity contribution >= 4 is 68.8 Å². The fourth-order valence-electron chi connectivity index (χ4n) is 3.09. The third-order valence-electron chi connectivity index (χ3n) is 4.70. The average molecular weight is 529 g/mol. The summed E-state index contributed by atoms with van der Waals surface area (Å²) < 4.78 is 1.07. The van der Waals surface area contributed by atoms with E-state index in [1.807, 2.05) is 30.3 Å². The molecule has 0 aliphatic carbocycles. The summed E-state index contributed by atoms with van der Waals surface area (Å²) in [6.45, 7) is 7.28. The number of rotatable bonds is 4. The molecule has 1 amide bonds. The first kappa shape index (κ1) is 21.3. The monoisotopic (exact) mass is 528 g/mol. The van der Waals surface area contributed by atoms with E-state index in [2.05, 4.69) is 49.9 Å². The Labute approximate surface area is 189 Å². The van der Waals surface area contributed by atoms with Gasteiger partial charge in [0.05, 0.1) is 10.7 Å². The molecule has 2 N–H and O–H groups in total. The number of anilines is 2. The Bertz CT molecular complexity index is 854. The number of piperazine rings is 1. The second kappa shape index (κ2) is 9.87. The van der Waals surface area contributed by atoms with Gasteiger partial charge in [-0.25, -0.2) is 0 Å². The summed E-state index contributed by atoms with van der Waals surface area (Å²) in [5.74, 6) is -0.245. The minimum atomic E-state index is -0.245. The molecular formula is C20H22ClIN4OS. The molecule has 0 radical (unpaired) electrons. The number of carbonyl (C=O) groups excluding carboxylic acids is 1. The predicted octanol–water partition coefficient (Wildman–Crippen LogP) is 4.21. The first-order chi connectivity index (χ1) is 13.5. The normalized spacial score (nSPS) is 14.6. The number of benzene rings is 2. The number of hydrogen-bond acceptors (Lipinski definition) is 4. The molecule has 2 aromatic carbocycles. The van der Waals surface area contributed by atoms with Crippen molar-refractivity contribution in [1.29, 1.82) is 0 Å². The van der Waals surface area contributed by atoms with Crippen molar-refractivity contribution in [3.05, 3.63) is 56.6 Å². The van der Waals surface area contributed by atoms with Crippen LogP contribution < -0.4 is 15.5 Å². The third kappa shape index (κ3) is 5.56. The molecule has 1 aliphatic rings. The van der Waals surface area contributed by atoms with E-state index in [0.29, 0.717) is 10.6 Å². The van der Waals surface area contributed by atoms with Gasteiger partial charge in [-0.3, -0.25) is 10.1 Å². The van der Waals surface area contributed by atoms with Gasteiger partial charge in [0.15, 0.2) is 5.11 Å². The van der Waals surface area contributed by atoms with E-state index in [1.54, 1.807) is 12.1 Å². The summed E-state index contributed by atoms with van der Waals surface area (Å²) in [5.41, 5.74) is 2.33. The van der Waals surface area contributed by atoms with Gasteiger partial charge in [-0.2, -0.15) is 0 Å². The Kier molecular flexibility index (Phi) is 7.50. The average Bonchev–Trinajstić information content (AvgIpc) is 2.68. The summed E-state index contributed by atoms with van der Waals surface area (Å²) in [5, 5.41) is 6.63. The van der Waals surface area contributed by atoms with Gasteiger partial charge in [-0.05, 0) is 83.8 Å². The quantitative estimate of drug-likeness (QED) is 0.460. The second-order valence-electron chi connectivity index (χ2n) is 6.50. The number of thiocarbonyl (C=S) groups is 1. The minimum absolute atomic E-state index is 0.240. The Balaban J connectivity index is 1.58. The van der Waals surface area contributed by atoms with E-state index in [0.717, 1.165) is 47.7 Å². The maximum Gasteiger partial charge on any atom is 0.257 e. The smallest absolute Gasteiger partial charge is 0.257 e. The first-order valence-corrected chi connectivity index (χ1v) is 11.0. The number of nitrogens with zero attached hydrogens (tertiary/aromatic N) is 2. The highest BCUT2D eigenvalue weighted by Crippen LogP contribution is 2.29. The Morgan fingerprint density at radius 2 is 1.82 bits per heavy atom. The number of carbonyl (C=O) groups is 1. The lowest BCUT2D eigenvalue weighted by Gasteiger charge is -2.36. The second-order valence-corrected chi connectivity index (χ2v) is 8.56. The topological polar surface area (TPSA) is 47.6 Å². The minimum Gasteiger partial charge on any atom is -0.368 e. The largest absolute Gasteiger partial charge is 0.368 e. The van der Waals surface area contributed by atoms with Crippen LogP contribution in [0.4, 0.5) is 11.4 Å². The van der Waals surface area contributed by atoms with Crippen molar-refractivity contribution in [3.63, 3.8) is 0 Å². The summed E-state index contributed by atoms with van der Waals surface area (Å²) in [7, 11) is 0. The molecule has 0 saturated carbocycles. The summed E-state index contributed by atoms with van der Waals surface area (Å²) >= 11 is 14.0. The van der Waals surface area contributed by atoms with E-state index < -0.39 is 0 Å². The highest BCUT2D eigenvalue weighted by atomic mass is 127. The molecule has 1 fully saturated rings. The van der Waals surface area contributed by atoms with Crippen LogP contribution >= 0.6 is 46.4 Å². The highest BCUT2D eigenvalue weighted by molar-refractivity contribution is 14.1. The van der Waals surface area contributed by atoms with Gasteiger partial charge >= 0.3 is 0 Å². The third-order valence-corrected chi connectivity index (χ3v) is 5.93. The van der Waals surface area contributed by atoms with Crippen molar-refractivity contribution in [3.8, 4) is 0 Å². The fourth-order valence-corrected chi connectivity index (χ4v) is 3.96. The molecule has 8 heteroatoms. The molecule has 0 spiro atoms. The van der Waals surface area contributed by atoms with Crippen LogP contribution in [0.1, 0.15) is 17.3 Å². The van der Waals surface area contributed by atoms with Crippen LogP contribution in [0.15, 0.2) is 42.5 Å². The number of likely N-dealkylation sites (N-methyl/N-ethyl adjacent to an activating group) is 1. The summed E-state index contributed by atoms with van der Waals surface area (Å²) in [6.07, 6.45) is 0. The maximum absolute atomic E-state index is 12.3. The molecule has 2 aromatic rings. The molecular weight excluding hydrogens is 507 g/mol. The molecule has 5 nitrogen and oxygen atoms in total. The van der Waals surface area contributed by atoms with Gasteiger partial charge in [0.25, 0.3) is 5.91 Å². The maximum atomic E-state index is 12.3. The molecule has 0 unspecified atom stereocenters. The van der Waals surface area contributed by atoms with E-state index >= 15 is 0 Å². The SMILES string of the molecule is CCN1CCN(c2ccc(NC(=S)NC(=O)c3ccc(I)cc3)cc2Cl)CC1. The molecule has 148 valence electrons. The highest BCUT2D eigenvalue weighted by Gasteiger charge is 2.18.